The second kappa shape index (κ2) is 5.90. The van der Waals surface area contributed by atoms with Crippen molar-refractivity contribution in [3.63, 3.8) is 0 Å². The maximum Gasteiger partial charge on any atom is 0.265 e. The summed E-state index contributed by atoms with van der Waals surface area (Å²) in [5.74, 6) is 0.267. The Bertz CT molecular complexity index is 502. The minimum absolute atomic E-state index is 0.0209. The molecule has 0 heterocycles. The van der Waals surface area contributed by atoms with Crippen molar-refractivity contribution in [3.8, 4) is 11.5 Å². The maximum absolute atomic E-state index is 11.4. The van der Waals surface area contributed by atoms with E-state index < -0.39 is 9.05 Å². The molecule has 0 spiro atoms. The summed E-state index contributed by atoms with van der Waals surface area (Å²) in [5, 5.41) is 0. The zero-order valence-corrected chi connectivity index (χ0v) is 12.2. The highest BCUT2D eigenvalue weighted by atomic mass is 79.9. The molecule has 1 aromatic carbocycles. The summed E-state index contributed by atoms with van der Waals surface area (Å²) in [5.41, 5.74) is 0. The zero-order valence-electron chi connectivity index (χ0n) is 9.07. The van der Waals surface area contributed by atoms with Crippen LogP contribution in [0.4, 0.5) is 0 Å². The molecular formula is C9H10BrClO5S. The third-order valence-corrected chi connectivity index (χ3v) is 3.57. The van der Waals surface area contributed by atoms with Gasteiger partial charge in [0, 0.05) is 22.3 Å². The lowest BCUT2D eigenvalue weighted by Gasteiger charge is -2.13. The average Bonchev–Trinajstić information content (AvgIpc) is 2.25. The van der Waals surface area contributed by atoms with Gasteiger partial charge in [0.1, 0.15) is 4.90 Å². The third-order valence-electron chi connectivity index (χ3n) is 1.79. The molecule has 96 valence electrons. The van der Waals surface area contributed by atoms with E-state index in [0.717, 1.165) is 0 Å². The lowest BCUT2D eigenvalue weighted by molar-refractivity contribution is 0.0470. The van der Waals surface area contributed by atoms with Crippen LogP contribution in [0.3, 0.4) is 0 Å². The smallest absolute Gasteiger partial charge is 0.265 e. The first-order chi connectivity index (χ1) is 7.90. The number of rotatable bonds is 5. The maximum atomic E-state index is 11.4. The fourth-order valence-corrected chi connectivity index (χ4v) is 2.72. The molecule has 1 aromatic rings. The molecule has 0 aliphatic heterocycles. The van der Waals surface area contributed by atoms with E-state index in [9.17, 15) is 8.42 Å². The Morgan fingerprint density at radius 3 is 2.47 bits per heavy atom. The second-order valence-corrected chi connectivity index (χ2v) is 6.37. The Kier molecular flexibility index (Phi) is 5.05. The molecule has 8 heteroatoms. The molecule has 17 heavy (non-hydrogen) atoms. The minimum Gasteiger partial charge on any atom is -0.493 e. The minimum atomic E-state index is -3.94. The van der Waals surface area contributed by atoms with Gasteiger partial charge in [0.2, 0.25) is 0 Å². The average molecular weight is 346 g/mol. The fourth-order valence-electron chi connectivity index (χ4n) is 1.14. The number of halogens is 2. The van der Waals surface area contributed by atoms with Crippen molar-refractivity contribution in [3.05, 3.63) is 16.6 Å². The molecule has 0 atom stereocenters. The summed E-state index contributed by atoms with van der Waals surface area (Å²) in [7, 11) is 4.19. The third kappa shape index (κ3) is 3.74. The van der Waals surface area contributed by atoms with Crippen LogP contribution in [0, 0.1) is 0 Å². The second-order valence-electron chi connectivity index (χ2n) is 2.92. The van der Waals surface area contributed by atoms with E-state index >= 15 is 0 Å². The van der Waals surface area contributed by atoms with Gasteiger partial charge in [0.15, 0.2) is 18.3 Å². The van der Waals surface area contributed by atoms with Gasteiger partial charge in [0.05, 0.1) is 7.11 Å². The molecule has 1 rings (SSSR count). The highest BCUT2D eigenvalue weighted by molar-refractivity contribution is 9.10. The number of hydrogen-bond acceptors (Lipinski definition) is 5. The van der Waals surface area contributed by atoms with Crippen molar-refractivity contribution in [2.75, 3.05) is 21.0 Å². The van der Waals surface area contributed by atoms with Crippen molar-refractivity contribution in [1.29, 1.82) is 0 Å². The fraction of sp³-hybridized carbons (Fsp3) is 0.333. The SMILES string of the molecule is COCOc1c(OC)cc(Br)cc1S(=O)(=O)Cl. The summed E-state index contributed by atoms with van der Waals surface area (Å²) in [6, 6.07) is 2.90. The van der Waals surface area contributed by atoms with Crippen LogP contribution in [-0.4, -0.2) is 29.4 Å². The van der Waals surface area contributed by atoms with Crippen LogP contribution in [0.15, 0.2) is 21.5 Å². The molecular weight excluding hydrogens is 336 g/mol. The van der Waals surface area contributed by atoms with Crippen molar-refractivity contribution >= 4 is 35.7 Å². The van der Waals surface area contributed by atoms with E-state index in [1.165, 1.54) is 20.3 Å². The molecule has 0 saturated carbocycles. The van der Waals surface area contributed by atoms with E-state index in [0.29, 0.717) is 4.47 Å². The topological polar surface area (TPSA) is 61.8 Å². The summed E-state index contributed by atoms with van der Waals surface area (Å²) in [6.45, 7) is -0.114. The predicted molar refractivity (Wildman–Crippen MR) is 66.2 cm³/mol. The molecule has 0 radical (unpaired) electrons. The van der Waals surface area contributed by atoms with Gasteiger partial charge >= 0.3 is 0 Å². The van der Waals surface area contributed by atoms with Crippen LogP contribution in [0.25, 0.3) is 0 Å². The highest BCUT2D eigenvalue weighted by Crippen LogP contribution is 2.38. The first kappa shape index (κ1) is 14.6. The van der Waals surface area contributed by atoms with Crippen LogP contribution in [-0.2, 0) is 13.8 Å². The van der Waals surface area contributed by atoms with E-state index in [4.69, 9.17) is 24.9 Å². The largest absolute Gasteiger partial charge is 0.493 e. The van der Waals surface area contributed by atoms with Crippen LogP contribution in [0.1, 0.15) is 0 Å². The lowest BCUT2D eigenvalue weighted by Crippen LogP contribution is -2.05. The molecule has 0 fully saturated rings. The molecule has 0 saturated heterocycles. The standard InChI is InChI=1S/C9H10BrClO5S/c1-14-5-16-9-7(15-2)3-6(10)4-8(9)17(11,12)13/h3-4H,5H2,1-2H3. The van der Waals surface area contributed by atoms with Crippen molar-refractivity contribution in [2.45, 2.75) is 4.90 Å². The Labute approximate surface area is 112 Å². The monoisotopic (exact) mass is 344 g/mol. The van der Waals surface area contributed by atoms with Crippen LogP contribution >= 0.6 is 26.6 Å². The van der Waals surface area contributed by atoms with Gasteiger partial charge in [0.25, 0.3) is 9.05 Å². The lowest BCUT2D eigenvalue weighted by atomic mass is 10.3. The highest BCUT2D eigenvalue weighted by Gasteiger charge is 2.22. The van der Waals surface area contributed by atoms with Gasteiger partial charge in [-0.25, -0.2) is 8.42 Å². The van der Waals surface area contributed by atoms with Crippen LogP contribution in [0.5, 0.6) is 11.5 Å². The zero-order chi connectivity index (χ0) is 13.1. The van der Waals surface area contributed by atoms with E-state index in [-0.39, 0.29) is 23.2 Å². The predicted octanol–water partition coefficient (Wildman–Crippen LogP) is 2.37. The van der Waals surface area contributed by atoms with Crippen molar-refractivity contribution in [1.82, 2.24) is 0 Å². The van der Waals surface area contributed by atoms with Crippen molar-refractivity contribution < 1.29 is 22.6 Å². The van der Waals surface area contributed by atoms with E-state index in [2.05, 4.69) is 15.9 Å². The summed E-state index contributed by atoms with van der Waals surface area (Å²) >= 11 is 3.16. The number of ether oxygens (including phenoxy) is 3. The Morgan fingerprint density at radius 2 is 2.00 bits per heavy atom. The van der Waals surface area contributed by atoms with Crippen LogP contribution < -0.4 is 9.47 Å². The van der Waals surface area contributed by atoms with Gasteiger partial charge in [-0.15, -0.1) is 0 Å². The molecule has 0 aliphatic rings. The van der Waals surface area contributed by atoms with Gasteiger partial charge in [-0.05, 0) is 12.1 Å². The first-order valence-corrected chi connectivity index (χ1v) is 7.44. The summed E-state index contributed by atoms with van der Waals surface area (Å²) < 4.78 is 38.2. The Morgan fingerprint density at radius 1 is 1.35 bits per heavy atom. The molecule has 0 amide bonds. The van der Waals surface area contributed by atoms with Crippen molar-refractivity contribution in [2.24, 2.45) is 0 Å². The van der Waals surface area contributed by atoms with Gasteiger partial charge in [-0.2, -0.15) is 0 Å². The number of methoxy groups -OCH3 is 2. The first-order valence-electron chi connectivity index (χ1n) is 4.34. The van der Waals surface area contributed by atoms with E-state index in [1.54, 1.807) is 6.07 Å². The molecule has 0 N–H and O–H groups in total. The normalized spacial score (nSPS) is 11.3. The number of hydrogen-bond donors (Lipinski definition) is 0. The molecule has 0 unspecified atom stereocenters. The molecule has 0 aromatic heterocycles. The van der Waals surface area contributed by atoms with Gasteiger partial charge < -0.3 is 14.2 Å². The summed E-state index contributed by atoms with van der Waals surface area (Å²) in [6.07, 6.45) is 0. The molecule has 0 aliphatic carbocycles. The Balaban J connectivity index is 3.39. The quantitative estimate of drug-likeness (QED) is 0.605. The van der Waals surface area contributed by atoms with E-state index in [1.807, 2.05) is 0 Å². The molecule has 0 bridgehead atoms. The summed E-state index contributed by atoms with van der Waals surface area (Å²) in [4.78, 5) is -0.178. The molecule has 5 nitrogen and oxygen atoms in total. The van der Waals surface area contributed by atoms with Gasteiger partial charge in [-0.1, -0.05) is 15.9 Å². The number of benzene rings is 1. The Hall–Kier alpha value is -0.500. The van der Waals surface area contributed by atoms with Crippen LogP contribution in [0.2, 0.25) is 0 Å². The van der Waals surface area contributed by atoms with Gasteiger partial charge in [-0.3, -0.25) is 0 Å².